The minimum Gasteiger partial charge on any atom is -0.497 e. The standard InChI is InChI=1S/C30H25Cl2N3O5/c1-39-22-12-10-21(11-13-22)35-26(17-2-4-18(31)5-3-17)28(37)33-16-30-15-14-23(40-30)24(25(30)29(35)38)27(36)34-20-8-6-19(32)7-9-20/h2-15,23-26H,16H2,1H3,(H,33,37)(H,34,36)/t23-,24+,25+,26+,30+/m1/s1. The molecule has 0 aromatic heterocycles. The fourth-order valence-electron chi connectivity index (χ4n) is 5.77. The Kier molecular flexibility index (Phi) is 6.78. The molecule has 2 N–H and O–H groups in total. The average Bonchev–Trinajstić information content (AvgIpc) is 3.53. The van der Waals surface area contributed by atoms with Crippen molar-refractivity contribution < 1.29 is 23.9 Å². The summed E-state index contributed by atoms with van der Waals surface area (Å²) in [6.07, 6.45) is 2.95. The van der Waals surface area contributed by atoms with Crippen molar-refractivity contribution in [1.82, 2.24) is 5.32 Å². The second-order valence-electron chi connectivity index (χ2n) is 9.97. The molecule has 8 nitrogen and oxygen atoms in total. The highest BCUT2D eigenvalue weighted by Gasteiger charge is 2.64. The molecule has 3 aromatic carbocycles. The number of benzene rings is 3. The molecular formula is C30H25Cl2N3O5. The van der Waals surface area contributed by atoms with E-state index in [2.05, 4.69) is 10.6 Å². The zero-order chi connectivity index (χ0) is 28.0. The number of ether oxygens (including phenoxy) is 2. The molecule has 3 amide bonds. The van der Waals surface area contributed by atoms with Gasteiger partial charge in [-0.15, -0.1) is 0 Å². The van der Waals surface area contributed by atoms with E-state index < -0.39 is 35.5 Å². The van der Waals surface area contributed by atoms with Crippen molar-refractivity contribution in [3.05, 3.63) is 101 Å². The van der Waals surface area contributed by atoms with Crippen LogP contribution in [0.2, 0.25) is 10.0 Å². The fraction of sp³-hybridized carbons (Fsp3) is 0.233. The van der Waals surface area contributed by atoms with Crippen LogP contribution in [0.1, 0.15) is 11.6 Å². The van der Waals surface area contributed by atoms with Crippen molar-refractivity contribution in [2.45, 2.75) is 17.7 Å². The zero-order valence-electron chi connectivity index (χ0n) is 21.3. The number of rotatable bonds is 5. The van der Waals surface area contributed by atoms with E-state index in [1.165, 1.54) is 4.90 Å². The second kappa shape index (κ2) is 10.3. The first-order valence-corrected chi connectivity index (χ1v) is 13.5. The molecule has 2 bridgehead atoms. The van der Waals surface area contributed by atoms with E-state index >= 15 is 0 Å². The molecule has 6 rings (SSSR count). The van der Waals surface area contributed by atoms with Gasteiger partial charge in [-0.3, -0.25) is 19.3 Å². The Labute approximate surface area is 240 Å². The number of nitrogens with zero attached hydrogens (tertiary/aromatic N) is 1. The van der Waals surface area contributed by atoms with E-state index in [9.17, 15) is 14.4 Å². The molecule has 5 atom stereocenters. The fourth-order valence-corrected chi connectivity index (χ4v) is 6.02. The number of carbonyl (C=O) groups excluding carboxylic acids is 3. The van der Waals surface area contributed by atoms with Crippen molar-refractivity contribution in [3.8, 4) is 5.75 Å². The summed E-state index contributed by atoms with van der Waals surface area (Å²) in [4.78, 5) is 43.6. The average molecular weight is 578 g/mol. The van der Waals surface area contributed by atoms with Gasteiger partial charge in [-0.25, -0.2) is 0 Å². The number of hydrogen-bond donors (Lipinski definition) is 2. The van der Waals surface area contributed by atoms with Crippen LogP contribution in [0.25, 0.3) is 0 Å². The predicted octanol–water partition coefficient (Wildman–Crippen LogP) is 4.78. The maximum atomic E-state index is 14.7. The van der Waals surface area contributed by atoms with E-state index in [0.29, 0.717) is 32.7 Å². The Morgan fingerprint density at radius 2 is 1.65 bits per heavy atom. The van der Waals surface area contributed by atoms with Gasteiger partial charge >= 0.3 is 0 Å². The molecule has 3 aromatic rings. The normalized spacial score (nSPS) is 27.0. The molecule has 2 fully saturated rings. The van der Waals surface area contributed by atoms with Gasteiger partial charge < -0.3 is 20.1 Å². The largest absolute Gasteiger partial charge is 0.497 e. The second-order valence-corrected chi connectivity index (χ2v) is 10.8. The number of nitrogens with one attached hydrogen (secondary N) is 2. The van der Waals surface area contributed by atoms with E-state index in [-0.39, 0.29) is 18.4 Å². The van der Waals surface area contributed by atoms with Crippen molar-refractivity contribution in [2.75, 3.05) is 23.9 Å². The minimum absolute atomic E-state index is 0.0422. The summed E-state index contributed by atoms with van der Waals surface area (Å²) in [7, 11) is 1.55. The van der Waals surface area contributed by atoms with E-state index in [1.54, 1.807) is 92.1 Å². The first-order chi connectivity index (χ1) is 19.3. The molecule has 0 unspecified atom stereocenters. The lowest BCUT2D eigenvalue weighted by Crippen LogP contribution is -2.60. The predicted molar refractivity (Wildman–Crippen MR) is 151 cm³/mol. The molecule has 2 saturated heterocycles. The summed E-state index contributed by atoms with van der Waals surface area (Å²) in [6.45, 7) is 0.0422. The van der Waals surface area contributed by atoms with Crippen LogP contribution in [0, 0.1) is 11.8 Å². The number of amides is 3. The number of fused-ring (bicyclic) bond motifs is 1. The van der Waals surface area contributed by atoms with E-state index in [1.807, 2.05) is 0 Å². The summed E-state index contributed by atoms with van der Waals surface area (Å²) >= 11 is 12.1. The van der Waals surface area contributed by atoms with Gasteiger partial charge in [0.15, 0.2) is 0 Å². The van der Waals surface area contributed by atoms with Crippen LogP contribution in [0.3, 0.4) is 0 Å². The first kappa shape index (κ1) is 26.4. The highest BCUT2D eigenvalue weighted by atomic mass is 35.5. The summed E-state index contributed by atoms with van der Waals surface area (Å²) in [5.41, 5.74) is 0.424. The molecule has 3 heterocycles. The third-order valence-electron chi connectivity index (χ3n) is 7.66. The van der Waals surface area contributed by atoms with Crippen molar-refractivity contribution in [1.29, 1.82) is 0 Å². The maximum absolute atomic E-state index is 14.7. The Hall–Kier alpha value is -3.85. The molecule has 0 aliphatic carbocycles. The molecule has 40 heavy (non-hydrogen) atoms. The van der Waals surface area contributed by atoms with Gasteiger partial charge in [-0.1, -0.05) is 47.5 Å². The van der Waals surface area contributed by atoms with Crippen molar-refractivity contribution in [2.24, 2.45) is 11.8 Å². The lowest BCUT2D eigenvalue weighted by Gasteiger charge is -2.41. The molecule has 1 spiro atoms. The summed E-state index contributed by atoms with van der Waals surface area (Å²) < 4.78 is 11.6. The van der Waals surface area contributed by atoms with Gasteiger partial charge in [0.05, 0.1) is 31.6 Å². The van der Waals surface area contributed by atoms with Crippen LogP contribution in [-0.4, -0.2) is 43.1 Å². The molecule has 0 saturated carbocycles. The highest BCUT2D eigenvalue weighted by Crippen LogP contribution is 2.50. The van der Waals surface area contributed by atoms with E-state index in [4.69, 9.17) is 32.7 Å². The third kappa shape index (κ3) is 4.52. The Bertz CT molecular complexity index is 1490. The number of hydrogen-bond acceptors (Lipinski definition) is 5. The molecular weight excluding hydrogens is 553 g/mol. The summed E-state index contributed by atoms with van der Waals surface area (Å²) in [5, 5.41) is 6.93. The van der Waals surface area contributed by atoms with Crippen molar-refractivity contribution in [3.63, 3.8) is 0 Å². The summed E-state index contributed by atoms with van der Waals surface area (Å²) in [5.74, 6) is -2.29. The van der Waals surface area contributed by atoms with Gasteiger partial charge in [-0.2, -0.15) is 0 Å². The smallest absolute Gasteiger partial charge is 0.247 e. The van der Waals surface area contributed by atoms with Crippen LogP contribution >= 0.6 is 23.2 Å². The van der Waals surface area contributed by atoms with Crippen LogP contribution in [0.5, 0.6) is 5.75 Å². The molecule has 10 heteroatoms. The van der Waals surface area contributed by atoms with Gasteiger partial charge in [-0.05, 0) is 66.2 Å². The SMILES string of the molecule is COc1ccc(N2C(=O)[C@@H]3[C@@H](C(=O)Nc4ccc(Cl)cc4)[C@H]4C=C[C@@]3(CNC(=O)[C@@H]2c2ccc(Cl)cc2)O4)cc1. The Morgan fingerprint density at radius 3 is 2.30 bits per heavy atom. The first-order valence-electron chi connectivity index (χ1n) is 12.7. The number of halogens is 2. The highest BCUT2D eigenvalue weighted by molar-refractivity contribution is 6.31. The van der Waals surface area contributed by atoms with E-state index in [0.717, 1.165) is 0 Å². The lowest BCUT2D eigenvalue weighted by atomic mass is 9.73. The quantitative estimate of drug-likeness (QED) is 0.425. The van der Waals surface area contributed by atoms with Crippen LogP contribution in [0.15, 0.2) is 84.9 Å². The van der Waals surface area contributed by atoms with Crippen LogP contribution in [0.4, 0.5) is 11.4 Å². The summed E-state index contributed by atoms with van der Waals surface area (Å²) in [6, 6.07) is 19.4. The van der Waals surface area contributed by atoms with Crippen LogP contribution < -0.4 is 20.3 Å². The number of anilines is 2. The third-order valence-corrected chi connectivity index (χ3v) is 8.17. The Balaban J connectivity index is 1.44. The van der Waals surface area contributed by atoms with Gasteiger partial charge in [0, 0.05) is 21.4 Å². The number of methoxy groups -OCH3 is 1. The molecule has 0 radical (unpaired) electrons. The monoisotopic (exact) mass is 577 g/mol. The molecule has 3 aliphatic heterocycles. The topological polar surface area (TPSA) is 97.0 Å². The molecule has 204 valence electrons. The van der Waals surface area contributed by atoms with Gasteiger partial charge in [0.25, 0.3) is 0 Å². The zero-order valence-corrected chi connectivity index (χ0v) is 22.9. The van der Waals surface area contributed by atoms with Crippen LogP contribution in [-0.2, 0) is 19.1 Å². The lowest BCUT2D eigenvalue weighted by molar-refractivity contribution is -0.136. The Morgan fingerprint density at radius 1 is 1.00 bits per heavy atom. The van der Waals surface area contributed by atoms with Crippen molar-refractivity contribution >= 4 is 52.3 Å². The van der Waals surface area contributed by atoms with Gasteiger partial charge in [0.2, 0.25) is 17.7 Å². The number of carbonyl (C=O) groups is 3. The molecule has 3 aliphatic rings. The maximum Gasteiger partial charge on any atom is 0.247 e. The minimum atomic E-state index is -1.17. The van der Waals surface area contributed by atoms with Gasteiger partial charge in [0.1, 0.15) is 17.4 Å².